The van der Waals surface area contributed by atoms with Crippen molar-refractivity contribution in [2.75, 3.05) is 26.2 Å². The third kappa shape index (κ3) is 3.03. The maximum Gasteiger partial charge on any atom is 0.0798 e. The number of thiazole rings is 1. The van der Waals surface area contributed by atoms with Gasteiger partial charge in [-0.05, 0) is 39.8 Å². The molecule has 0 spiro atoms. The van der Waals surface area contributed by atoms with Crippen molar-refractivity contribution in [3.05, 3.63) is 16.1 Å². The Hall–Kier alpha value is -0.450. The Balaban J connectivity index is 1.71. The van der Waals surface area contributed by atoms with Crippen LogP contribution < -0.4 is 5.32 Å². The largest absolute Gasteiger partial charge is 0.308 e. The fourth-order valence-corrected chi connectivity index (χ4v) is 3.10. The third-order valence-electron chi connectivity index (χ3n) is 3.25. The van der Waals surface area contributed by atoms with Crippen molar-refractivity contribution >= 4 is 11.3 Å². The topological polar surface area (TPSA) is 28.2 Å². The number of nitrogens with zero attached hydrogens (tertiary/aromatic N) is 2. The maximum atomic E-state index is 4.29. The fraction of sp³-hybridized carbons (Fsp3) is 0.750. The molecular weight excluding hydrogens is 218 g/mol. The zero-order valence-corrected chi connectivity index (χ0v) is 11.0. The highest BCUT2D eigenvalue weighted by molar-refractivity contribution is 7.09. The Morgan fingerprint density at radius 2 is 2.25 bits per heavy atom. The van der Waals surface area contributed by atoms with E-state index in [1.165, 1.54) is 43.0 Å². The van der Waals surface area contributed by atoms with Crippen molar-refractivity contribution < 1.29 is 0 Å². The monoisotopic (exact) mass is 239 g/mol. The van der Waals surface area contributed by atoms with Crippen LogP contribution in [-0.4, -0.2) is 36.1 Å². The molecule has 2 heterocycles. The summed E-state index contributed by atoms with van der Waals surface area (Å²) in [6.07, 6.45) is 2.76. The Labute approximate surface area is 102 Å². The number of hydrogen-bond donors (Lipinski definition) is 1. The highest BCUT2D eigenvalue weighted by atomic mass is 32.1. The van der Waals surface area contributed by atoms with E-state index in [1.807, 2.05) is 5.51 Å². The third-order valence-corrected chi connectivity index (χ3v) is 4.37. The molecule has 0 aliphatic carbocycles. The highest BCUT2D eigenvalue weighted by Gasteiger charge is 2.13. The molecule has 1 aromatic rings. The van der Waals surface area contributed by atoms with Gasteiger partial charge >= 0.3 is 0 Å². The lowest BCUT2D eigenvalue weighted by Crippen LogP contribution is -2.31. The molecule has 4 heteroatoms. The van der Waals surface area contributed by atoms with Crippen LogP contribution in [-0.2, 0) is 0 Å². The number of rotatable bonds is 5. The lowest BCUT2D eigenvalue weighted by Gasteiger charge is -2.17. The number of likely N-dealkylation sites (tertiary alicyclic amines) is 1. The molecule has 1 atom stereocenters. The number of nitrogens with one attached hydrogen (secondary N) is 1. The zero-order chi connectivity index (χ0) is 11.4. The van der Waals surface area contributed by atoms with Gasteiger partial charge in [-0.2, -0.15) is 0 Å². The predicted octanol–water partition coefficient (Wildman–Crippen LogP) is 2.20. The molecule has 2 rings (SSSR count). The van der Waals surface area contributed by atoms with Crippen LogP contribution in [0.1, 0.15) is 36.4 Å². The maximum absolute atomic E-state index is 4.29. The van der Waals surface area contributed by atoms with Gasteiger partial charge in [-0.1, -0.05) is 0 Å². The summed E-state index contributed by atoms with van der Waals surface area (Å²) in [5, 5.41) is 3.58. The average molecular weight is 239 g/mol. The first kappa shape index (κ1) is 12.0. The summed E-state index contributed by atoms with van der Waals surface area (Å²) < 4.78 is 0. The summed E-state index contributed by atoms with van der Waals surface area (Å²) in [5.41, 5.74) is 3.11. The molecule has 3 nitrogen and oxygen atoms in total. The van der Waals surface area contributed by atoms with E-state index in [0.29, 0.717) is 6.04 Å². The minimum Gasteiger partial charge on any atom is -0.308 e. The molecule has 1 aromatic heterocycles. The Bertz CT molecular complexity index is 318. The summed E-state index contributed by atoms with van der Waals surface area (Å²) >= 11 is 1.75. The van der Waals surface area contributed by atoms with Gasteiger partial charge in [0.1, 0.15) is 0 Å². The van der Waals surface area contributed by atoms with E-state index < -0.39 is 0 Å². The molecule has 1 N–H and O–H groups in total. The van der Waals surface area contributed by atoms with E-state index in [-0.39, 0.29) is 0 Å². The van der Waals surface area contributed by atoms with Gasteiger partial charge in [0, 0.05) is 24.0 Å². The minimum absolute atomic E-state index is 0.440. The van der Waals surface area contributed by atoms with Gasteiger partial charge in [0.2, 0.25) is 0 Å². The van der Waals surface area contributed by atoms with Crippen LogP contribution in [0.25, 0.3) is 0 Å². The molecule has 90 valence electrons. The van der Waals surface area contributed by atoms with Gasteiger partial charge in [-0.15, -0.1) is 11.3 Å². The SMILES string of the molecule is Cc1ncsc1C(C)NCCN1CCCC1. The smallest absolute Gasteiger partial charge is 0.0798 e. The second-order valence-corrected chi connectivity index (χ2v) is 5.41. The van der Waals surface area contributed by atoms with Crippen molar-refractivity contribution in [1.82, 2.24) is 15.2 Å². The van der Waals surface area contributed by atoms with Gasteiger partial charge in [-0.25, -0.2) is 4.98 Å². The van der Waals surface area contributed by atoms with Gasteiger partial charge in [0.05, 0.1) is 11.2 Å². The first-order valence-electron chi connectivity index (χ1n) is 6.13. The molecule has 0 amide bonds. The standard InChI is InChI=1S/C12H21N3S/c1-10(12-11(2)14-9-16-12)13-5-8-15-6-3-4-7-15/h9-10,13H,3-8H2,1-2H3. The molecular formula is C12H21N3S. The van der Waals surface area contributed by atoms with Crippen molar-refractivity contribution in [2.24, 2.45) is 0 Å². The van der Waals surface area contributed by atoms with E-state index in [2.05, 4.69) is 29.0 Å². The summed E-state index contributed by atoms with van der Waals surface area (Å²) in [7, 11) is 0. The zero-order valence-electron chi connectivity index (χ0n) is 10.2. The minimum atomic E-state index is 0.440. The van der Waals surface area contributed by atoms with Crippen molar-refractivity contribution in [1.29, 1.82) is 0 Å². The quantitative estimate of drug-likeness (QED) is 0.854. The van der Waals surface area contributed by atoms with Crippen LogP contribution >= 0.6 is 11.3 Å². The molecule has 0 radical (unpaired) electrons. The van der Waals surface area contributed by atoms with E-state index in [4.69, 9.17) is 0 Å². The molecule has 1 aliphatic heterocycles. The normalized spacial score (nSPS) is 19.1. The Morgan fingerprint density at radius 1 is 1.50 bits per heavy atom. The van der Waals surface area contributed by atoms with Crippen molar-refractivity contribution in [2.45, 2.75) is 32.7 Å². The Morgan fingerprint density at radius 3 is 2.88 bits per heavy atom. The predicted molar refractivity (Wildman–Crippen MR) is 68.9 cm³/mol. The second kappa shape index (κ2) is 5.75. The summed E-state index contributed by atoms with van der Waals surface area (Å²) in [6.45, 7) is 9.15. The van der Waals surface area contributed by atoms with E-state index >= 15 is 0 Å². The molecule has 0 saturated carbocycles. The van der Waals surface area contributed by atoms with Crippen LogP contribution in [0, 0.1) is 6.92 Å². The summed E-state index contributed by atoms with van der Waals surface area (Å²) in [5.74, 6) is 0. The van der Waals surface area contributed by atoms with Gasteiger partial charge in [0.25, 0.3) is 0 Å². The first-order chi connectivity index (χ1) is 7.77. The van der Waals surface area contributed by atoms with Crippen LogP contribution in [0.5, 0.6) is 0 Å². The average Bonchev–Trinajstić information content (AvgIpc) is 2.88. The molecule has 16 heavy (non-hydrogen) atoms. The fourth-order valence-electron chi connectivity index (χ4n) is 2.26. The molecule has 0 bridgehead atoms. The first-order valence-corrected chi connectivity index (χ1v) is 7.01. The van der Waals surface area contributed by atoms with Crippen molar-refractivity contribution in [3.63, 3.8) is 0 Å². The molecule has 1 fully saturated rings. The lowest BCUT2D eigenvalue weighted by atomic mass is 10.2. The summed E-state index contributed by atoms with van der Waals surface area (Å²) in [6, 6.07) is 0.440. The lowest BCUT2D eigenvalue weighted by molar-refractivity contribution is 0.330. The van der Waals surface area contributed by atoms with Crippen LogP contribution in [0.15, 0.2) is 5.51 Å². The van der Waals surface area contributed by atoms with Crippen LogP contribution in [0.2, 0.25) is 0 Å². The number of aromatic nitrogens is 1. The van der Waals surface area contributed by atoms with E-state index in [1.54, 1.807) is 11.3 Å². The second-order valence-electron chi connectivity index (χ2n) is 4.53. The van der Waals surface area contributed by atoms with Crippen LogP contribution in [0.4, 0.5) is 0 Å². The number of aryl methyl sites for hydroxylation is 1. The van der Waals surface area contributed by atoms with E-state index in [9.17, 15) is 0 Å². The van der Waals surface area contributed by atoms with Crippen molar-refractivity contribution in [3.8, 4) is 0 Å². The highest BCUT2D eigenvalue weighted by Crippen LogP contribution is 2.20. The van der Waals surface area contributed by atoms with Gasteiger partial charge in [-0.3, -0.25) is 0 Å². The Kier molecular flexibility index (Phi) is 4.32. The number of hydrogen-bond acceptors (Lipinski definition) is 4. The molecule has 1 aliphatic rings. The van der Waals surface area contributed by atoms with Gasteiger partial charge in [0.15, 0.2) is 0 Å². The molecule has 1 unspecified atom stereocenters. The van der Waals surface area contributed by atoms with E-state index in [0.717, 1.165) is 6.54 Å². The summed E-state index contributed by atoms with van der Waals surface area (Å²) in [4.78, 5) is 8.21. The molecule has 0 aromatic carbocycles. The van der Waals surface area contributed by atoms with Crippen LogP contribution in [0.3, 0.4) is 0 Å². The molecule has 1 saturated heterocycles. The van der Waals surface area contributed by atoms with Gasteiger partial charge < -0.3 is 10.2 Å².